The fourth-order valence-corrected chi connectivity index (χ4v) is 2.35. The Kier molecular flexibility index (Phi) is 4.39. The van der Waals surface area contributed by atoms with E-state index in [0.717, 1.165) is 18.2 Å². The van der Waals surface area contributed by atoms with E-state index in [1.165, 1.54) is 18.2 Å². The molecule has 0 heterocycles. The molecule has 21 heavy (non-hydrogen) atoms. The van der Waals surface area contributed by atoms with Crippen LogP contribution in [0.25, 0.3) is 0 Å². The first kappa shape index (κ1) is 16.0. The van der Waals surface area contributed by atoms with Crippen LogP contribution in [-0.4, -0.2) is 5.11 Å². The SMILES string of the molecule is Cc1ccc(C(O)c2cc(C(F)(F)F)ccc2Br)cc1F. The van der Waals surface area contributed by atoms with Crippen LogP contribution in [0.4, 0.5) is 17.6 Å². The van der Waals surface area contributed by atoms with Crippen molar-refractivity contribution in [3.05, 3.63) is 68.9 Å². The van der Waals surface area contributed by atoms with Gasteiger partial charge in [-0.05, 0) is 47.9 Å². The van der Waals surface area contributed by atoms with Crippen molar-refractivity contribution in [1.82, 2.24) is 0 Å². The summed E-state index contributed by atoms with van der Waals surface area (Å²) in [6.07, 6.45) is -5.86. The fourth-order valence-electron chi connectivity index (χ4n) is 1.89. The molecule has 0 radical (unpaired) electrons. The van der Waals surface area contributed by atoms with Crippen LogP contribution >= 0.6 is 15.9 Å². The van der Waals surface area contributed by atoms with Crippen LogP contribution in [0.3, 0.4) is 0 Å². The molecule has 1 nitrogen and oxygen atoms in total. The topological polar surface area (TPSA) is 20.2 Å². The highest BCUT2D eigenvalue weighted by atomic mass is 79.9. The highest BCUT2D eigenvalue weighted by Gasteiger charge is 2.31. The number of halogens is 5. The predicted octanol–water partition coefficient (Wildman–Crippen LogP) is 5.00. The highest BCUT2D eigenvalue weighted by molar-refractivity contribution is 9.10. The summed E-state index contributed by atoms with van der Waals surface area (Å²) in [5.74, 6) is -0.519. The minimum absolute atomic E-state index is 0.0353. The minimum Gasteiger partial charge on any atom is -0.384 e. The van der Waals surface area contributed by atoms with Crippen LogP contribution in [0.15, 0.2) is 40.9 Å². The monoisotopic (exact) mass is 362 g/mol. The normalized spacial score (nSPS) is 13.3. The minimum atomic E-state index is -4.51. The Morgan fingerprint density at radius 3 is 2.33 bits per heavy atom. The van der Waals surface area contributed by atoms with Gasteiger partial charge in [-0.15, -0.1) is 0 Å². The van der Waals surface area contributed by atoms with E-state index in [1.54, 1.807) is 6.92 Å². The molecule has 1 atom stereocenters. The van der Waals surface area contributed by atoms with Crippen molar-refractivity contribution in [2.45, 2.75) is 19.2 Å². The molecule has 1 N–H and O–H groups in total. The molecule has 1 unspecified atom stereocenters. The van der Waals surface area contributed by atoms with Gasteiger partial charge >= 0.3 is 6.18 Å². The van der Waals surface area contributed by atoms with Gasteiger partial charge in [-0.25, -0.2) is 4.39 Å². The Morgan fingerprint density at radius 1 is 1.10 bits per heavy atom. The molecule has 0 bridgehead atoms. The Hall–Kier alpha value is -1.40. The zero-order valence-corrected chi connectivity index (χ0v) is 12.5. The van der Waals surface area contributed by atoms with Crippen molar-refractivity contribution < 1.29 is 22.7 Å². The van der Waals surface area contributed by atoms with Gasteiger partial charge in [0.05, 0.1) is 5.56 Å². The molecule has 0 fully saturated rings. The molecule has 112 valence electrons. The molecule has 0 aromatic heterocycles. The van der Waals surface area contributed by atoms with Gasteiger partial charge in [0.25, 0.3) is 0 Å². The zero-order valence-electron chi connectivity index (χ0n) is 10.9. The molecule has 0 aliphatic heterocycles. The molecule has 6 heteroatoms. The molecule has 0 saturated heterocycles. The van der Waals surface area contributed by atoms with Gasteiger partial charge in [0.15, 0.2) is 0 Å². The summed E-state index contributed by atoms with van der Waals surface area (Å²) < 4.78 is 52.0. The Bertz CT molecular complexity index is 667. The van der Waals surface area contributed by atoms with E-state index >= 15 is 0 Å². The van der Waals surface area contributed by atoms with Crippen molar-refractivity contribution in [2.75, 3.05) is 0 Å². The number of rotatable bonds is 2. The van der Waals surface area contributed by atoms with Gasteiger partial charge in [0.2, 0.25) is 0 Å². The number of aliphatic hydroxyl groups excluding tert-OH is 1. The smallest absolute Gasteiger partial charge is 0.384 e. The van der Waals surface area contributed by atoms with Crippen LogP contribution in [0.5, 0.6) is 0 Å². The zero-order chi connectivity index (χ0) is 15.8. The van der Waals surface area contributed by atoms with E-state index in [9.17, 15) is 22.7 Å². The third-order valence-electron chi connectivity index (χ3n) is 3.13. The Balaban J connectivity index is 2.47. The third-order valence-corrected chi connectivity index (χ3v) is 3.85. The maximum Gasteiger partial charge on any atom is 0.416 e. The summed E-state index contributed by atoms with van der Waals surface area (Å²) in [5, 5.41) is 10.2. The van der Waals surface area contributed by atoms with E-state index in [2.05, 4.69) is 15.9 Å². The van der Waals surface area contributed by atoms with Crippen LogP contribution in [-0.2, 0) is 6.18 Å². The van der Waals surface area contributed by atoms with Crippen molar-refractivity contribution in [1.29, 1.82) is 0 Å². The van der Waals surface area contributed by atoms with E-state index in [1.807, 2.05) is 0 Å². The molecule has 0 spiro atoms. The number of aliphatic hydroxyl groups is 1. The first-order valence-corrected chi connectivity index (χ1v) is 6.80. The second-order valence-corrected chi connectivity index (χ2v) is 5.50. The number of alkyl halides is 3. The van der Waals surface area contributed by atoms with E-state index in [4.69, 9.17) is 0 Å². The van der Waals surface area contributed by atoms with Gasteiger partial charge in [0.1, 0.15) is 11.9 Å². The standard InChI is InChI=1S/C15H11BrF4O/c1-8-2-3-9(6-13(8)17)14(21)11-7-10(15(18,19)20)4-5-12(11)16/h2-7,14,21H,1H3. The molecule has 0 amide bonds. The van der Waals surface area contributed by atoms with Gasteiger partial charge in [-0.2, -0.15) is 13.2 Å². The fraction of sp³-hybridized carbons (Fsp3) is 0.200. The van der Waals surface area contributed by atoms with Gasteiger partial charge in [-0.1, -0.05) is 28.1 Å². The molecule has 0 aliphatic carbocycles. The third kappa shape index (κ3) is 3.44. The summed E-state index contributed by atoms with van der Waals surface area (Å²) in [5.41, 5.74) is -0.243. The Labute approximate surface area is 127 Å². The number of benzene rings is 2. The lowest BCUT2D eigenvalue weighted by Crippen LogP contribution is -2.08. The average Bonchev–Trinajstić information content (AvgIpc) is 2.40. The molecular weight excluding hydrogens is 352 g/mol. The lowest BCUT2D eigenvalue weighted by atomic mass is 9.98. The number of hydrogen-bond acceptors (Lipinski definition) is 1. The van der Waals surface area contributed by atoms with E-state index in [-0.39, 0.29) is 11.1 Å². The van der Waals surface area contributed by atoms with Gasteiger partial charge < -0.3 is 5.11 Å². The van der Waals surface area contributed by atoms with Crippen molar-refractivity contribution in [3.63, 3.8) is 0 Å². The van der Waals surface area contributed by atoms with Crippen molar-refractivity contribution in [3.8, 4) is 0 Å². The first-order chi connectivity index (χ1) is 9.70. The highest BCUT2D eigenvalue weighted by Crippen LogP contribution is 2.35. The first-order valence-electron chi connectivity index (χ1n) is 6.01. The van der Waals surface area contributed by atoms with Crippen LogP contribution < -0.4 is 0 Å². The lowest BCUT2D eigenvalue weighted by Gasteiger charge is -2.16. The van der Waals surface area contributed by atoms with Crippen LogP contribution in [0, 0.1) is 12.7 Å². The van der Waals surface area contributed by atoms with Crippen molar-refractivity contribution >= 4 is 15.9 Å². The average molecular weight is 363 g/mol. The molecule has 2 aromatic rings. The summed E-state index contributed by atoms with van der Waals surface area (Å²) in [6.45, 7) is 1.56. The van der Waals surface area contributed by atoms with Crippen LogP contribution in [0.1, 0.15) is 28.4 Å². The number of hydrogen-bond donors (Lipinski definition) is 1. The predicted molar refractivity (Wildman–Crippen MR) is 74.3 cm³/mol. The number of aryl methyl sites for hydroxylation is 1. The second-order valence-electron chi connectivity index (χ2n) is 4.65. The summed E-state index contributed by atoms with van der Waals surface area (Å²) in [7, 11) is 0. The maximum atomic E-state index is 13.5. The van der Waals surface area contributed by atoms with Gasteiger partial charge in [-0.3, -0.25) is 0 Å². The Morgan fingerprint density at radius 2 is 1.76 bits per heavy atom. The van der Waals surface area contributed by atoms with Gasteiger partial charge in [0, 0.05) is 4.47 Å². The van der Waals surface area contributed by atoms with Crippen LogP contribution in [0.2, 0.25) is 0 Å². The molecule has 2 rings (SSSR count). The molecular formula is C15H11BrF4O. The molecule has 2 aromatic carbocycles. The molecule has 0 aliphatic rings. The summed E-state index contributed by atoms with van der Waals surface area (Å²) >= 11 is 3.11. The summed E-state index contributed by atoms with van der Waals surface area (Å²) in [4.78, 5) is 0. The lowest BCUT2D eigenvalue weighted by molar-refractivity contribution is -0.137. The van der Waals surface area contributed by atoms with Crippen molar-refractivity contribution in [2.24, 2.45) is 0 Å². The largest absolute Gasteiger partial charge is 0.416 e. The molecule has 0 saturated carbocycles. The maximum absolute atomic E-state index is 13.5. The van der Waals surface area contributed by atoms with E-state index in [0.29, 0.717) is 10.0 Å². The summed E-state index contributed by atoms with van der Waals surface area (Å²) in [6, 6.07) is 7.05. The second kappa shape index (κ2) is 5.77. The van der Waals surface area contributed by atoms with E-state index < -0.39 is 23.7 Å². The quantitative estimate of drug-likeness (QED) is 0.745.